The van der Waals surface area contributed by atoms with Crippen LogP contribution in [0.5, 0.6) is 5.75 Å². The molecule has 0 atom stereocenters. The smallest absolute Gasteiger partial charge is 0.123 e. The van der Waals surface area contributed by atoms with E-state index >= 15 is 0 Å². The lowest BCUT2D eigenvalue weighted by molar-refractivity contribution is -0.0388. The molecule has 1 aliphatic carbocycles. The van der Waals surface area contributed by atoms with Gasteiger partial charge in [0.15, 0.2) is 0 Å². The summed E-state index contributed by atoms with van der Waals surface area (Å²) in [5.41, 5.74) is 1.23. The Morgan fingerprint density at radius 1 is 1.05 bits per heavy atom. The molecule has 1 N–H and O–H groups in total. The highest BCUT2D eigenvalue weighted by Gasteiger charge is 2.20. The zero-order chi connectivity index (χ0) is 14.3. The molecule has 1 aromatic rings. The second-order valence-corrected chi connectivity index (χ2v) is 5.79. The van der Waals surface area contributed by atoms with E-state index in [4.69, 9.17) is 14.2 Å². The fourth-order valence-corrected chi connectivity index (χ4v) is 2.54. The first kappa shape index (κ1) is 14.8. The summed E-state index contributed by atoms with van der Waals surface area (Å²) in [4.78, 5) is 0. The van der Waals surface area contributed by atoms with Crippen molar-refractivity contribution in [2.24, 2.45) is 0 Å². The van der Waals surface area contributed by atoms with Crippen LogP contribution in [0, 0.1) is 0 Å². The van der Waals surface area contributed by atoms with Crippen molar-refractivity contribution in [3.63, 3.8) is 0 Å². The maximum Gasteiger partial charge on any atom is 0.123 e. The van der Waals surface area contributed by atoms with E-state index in [1.54, 1.807) is 0 Å². The Hall–Kier alpha value is -1.10. The van der Waals surface area contributed by atoms with Crippen LogP contribution in [0.2, 0.25) is 0 Å². The summed E-state index contributed by atoms with van der Waals surface area (Å²) >= 11 is 0. The van der Waals surface area contributed by atoms with E-state index < -0.39 is 0 Å². The largest absolute Gasteiger partial charge is 0.491 e. The highest BCUT2D eigenvalue weighted by Crippen LogP contribution is 2.22. The number of rotatable bonds is 8. The molecule has 0 radical (unpaired) electrons. The van der Waals surface area contributed by atoms with Crippen LogP contribution in [0.3, 0.4) is 0 Å². The van der Waals surface area contributed by atoms with Crippen LogP contribution < -0.4 is 10.1 Å². The first-order valence-corrected chi connectivity index (χ1v) is 8.05. The quantitative estimate of drug-likeness (QED) is 0.747. The maximum atomic E-state index is 5.88. The third kappa shape index (κ3) is 4.99. The minimum Gasteiger partial charge on any atom is -0.491 e. The van der Waals surface area contributed by atoms with Crippen LogP contribution >= 0.6 is 0 Å². The summed E-state index contributed by atoms with van der Waals surface area (Å²) < 4.78 is 17.0. The minimum absolute atomic E-state index is 0.342. The number of ether oxygens (including phenoxy) is 3. The van der Waals surface area contributed by atoms with Gasteiger partial charge in [0, 0.05) is 31.4 Å². The van der Waals surface area contributed by atoms with Crippen molar-refractivity contribution in [3.8, 4) is 5.75 Å². The van der Waals surface area contributed by atoms with Gasteiger partial charge >= 0.3 is 0 Å². The van der Waals surface area contributed by atoms with Gasteiger partial charge in [-0.25, -0.2) is 0 Å². The number of hydrogen-bond acceptors (Lipinski definition) is 4. The number of nitrogens with one attached hydrogen (secondary N) is 1. The summed E-state index contributed by atoms with van der Waals surface area (Å²) in [6.45, 7) is 3.79. The molecule has 0 amide bonds. The molecule has 1 saturated carbocycles. The first-order chi connectivity index (χ1) is 10.4. The van der Waals surface area contributed by atoms with Crippen LogP contribution in [0.4, 0.5) is 0 Å². The van der Waals surface area contributed by atoms with E-state index in [2.05, 4.69) is 17.4 Å². The summed E-state index contributed by atoms with van der Waals surface area (Å²) in [6, 6.07) is 8.97. The van der Waals surface area contributed by atoms with Crippen LogP contribution in [0.15, 0.2) is 24.3 Å². The number of para-hydroxylation sites is 1. The van der Waals surface area contributed by atoms with Gasteiger partial charge in [-0.2, -0.15) is 0 Å². The van der Waals surface area contributed by atoms with Gasteiger partial charge in [0.2, 0.25) is 0 Å². The molecule has 2 aliphatic rings. The van der Waals surface area contributed by atoms with Gasteiger partial charge in [0.25, 0.3) is 0 Å². The third-order valence-electron chi connectivity index (χ3n) is 3.99. The lowest BCUT2D eigenvalue weighted by atomic mass is 10.2. The molecular formula is C17H25NO3. The van der Waals surface area contributed by atoms with Gasteiger partial charge in [-0.15, -0.1) is 0 Å². The van der Waals surface area contributed by atoms with Gasteiger partial charge in [0.05, 0.1) is 12.7 Å². The highest BCUT2D eigenvalue weighted by molar-refractivity contribution is 5.33. The predicted molar refractivity (Wildman–Crippen MR) is 81.6 cm³/mol. The first-order valence-electron chi connectivity index (χ1n) is 8.05. The minimum atomic E-state index is 0.342. The van der Waals surface area contributed by atoms with Gasteiger partial charge in [-0.3, -0.25) is 0 Å². The van der Waals surface area contributed by atoms with Crippen molar-refractivity contribution in [3.05, 3.63) is 29.8 Å². The zero-order valence-corrected chi connectivity index (χ0v) is 12.6. The Labute approximate surface area is 126 Å². The van der Waals surface area contributed by atoms with Gasteiger partial charge in [0.1, 0.15) is 12.4 Å². The monoisotopic (exact) mass is 291 g/mol. The lowest BCUT2D eigenvalue weighted by Gasteiger charge is -2.22. The summed E-state index contributed by atoms with van der Waals surface area (Å²) in [5.74, 6) is 0.973. The fraction of sp³-hybridized carbons (Fsp3) is 0.647. The maximum absolute atomic E-state index is 5.88. The fourth-order valence-electron chi connectivity index (χ4n) is 2.54. The molecule has 116 valence electrons. The molecule has 0 unspecified atom stereocenters. The van der Waals surface area contributed by atoms with E-state index in [1.165, 1.54) is 18.4 Å². The van der Waals surface area contributed by atoms with E-state index in [9.17, 15) is 0 Å². The van der Waals surface area contributed by atoms with Crippen molar-refractivity contribution in [2.45, 2.75) is 44.4 Å². The van der Waals surface area contributed by atoms with Gasteiger partial charge in [-0.1, -0.05) is 18.2 Å². The Morgan fingerprint density at radius 2 is 1.86 bits per heavy atom. The molecule has 1 heterocycles. The Balaban J connectivity index is 1.39. The molecule has 1 saturated heterocycles. The van der Waals surface area contributed by atoms with Crippen molar-refractivity contribution >= 4 is 0 Å². The molecule has 0 aromatic heterocycles. The van der Waals surface area contributed by atoms with Crippen LogP contribution in [0.1, 0.15) is 31.2 Å². The van der Waals surface area contributed by atoms with Crippen molar-refractivity contribution in [2.75, 3.05) is 26.4 Å². The number of hydrogen-bond donors (Lipinski definition) is 1. The van der Waals surface area contributed by atoms with Crippen LogP contribution in [-0.2, 0) is 16.0 Å². The summed E-state index contributed by atoms with van der Waals surface area (Å²) in [5, 5.41) is 3.53. The molecule has 2 fully saturated rings. The molecule has 0 bridgehead atoms. The van der Waals surface area contributed by atoms with E-state index in [0.29, 0.717) is 19.3 Å². The van der Waals surface area contributed by atoms with Crippen LogP contribution in [-0.4, -0.2) is 38.6 Å². The Bertz CT molecular complexity index is 428. The van der Waals surface area contributed by atoms with Gasteiger partial charge < -0.3 is 19.5 Å². The van der Waals surface area contributed by atoms with Crippen molar-refractivity contribution < 1.29 is 14.2 Å². The summed E-state index contributed by atoms with van der Waals surface area (Å²) in [7, 11) is 0. The average Bonchev–Trinajstić information content (AvgIpc) is 3.36. The summed E-state index contributed by atoms with van der Waals surface area (Å²) in [6.07, 6.45) is 4.96. The molecule has 1 aromatic carbocycles. The molecule has 4 heteroatoms. The highest BCUT2D eigenvalue weighted by atomic mass is 16.5. The normalized spacial score (nSPS) is 19.6. The molecule has 21 heavy (non-hydrogen) atoms. The van der Waals surface area contributed by atoms with E-state index in [0.717, 1.165) is 44.4 Å². The predicted octanol–water partition coefficient (Wildman–Crippen LogP) is 2.51. The zero-order valence-electron chi connectivity index (χ0n) is 12.6. The molecular weight excluding hydrogens is 266 g/mol. The van der Waals surface area contributed by atoms with Crippen molar-refractivity contribution in [1.82, 2.24) is 5.32 Å². The van der Waals surface area contributed by atoms with Crippen LogP contribution in [0.25, 0.3) is 0 Å². The third-order valence-corrected chi connectivity index (χ3v) is 3.99. The second kappa shape index (κ2) is 7.78. The van der Waals surface area contributed by atoms with E-state index in [1.807, 2.05) is 12.1 Å². The lowest BCUT2D eigenvalue weighted by Crippen LogP contribution is -2.25. The standard InChI is InChI=1S/C17H25NO3/c1-2-4-17(14(3-1)13-18-15-5-6-15)21-12-11-20-16-7-9-19-10-8-16/h1-4,15-16,18H,5-13H2. The Kier molecular flexibility index (Phi) is 5.49. The topological polar surface area (TPSA) is 39.7 Å². The molecule has 0 spiro atoms. The van der Waals surface area contributed by atoms with E-state index in [-0.39, 0.29) is 0 Å². The SMILES string of the molecule is c1ccc(OCCOC2CCOCC2)c(CNC2CC2)c1. The molecule has 3 rings (SSSR count). The Morgan fingerprint density at radius 3 is 2.67 bits per heavy atom. The molecule has 1 aliphatic heterocycles. The van der Waals surface area contributed by atoms with Gasteiger partial charge in [-0.05, 0) is 31.7 Å². The number of benzene rings is 1. The average molecular weight is 291 g/mol. The molecule has 4 nitrogen and oxygen atoms in total. The van der Waals surface area contributed by atoms with Crippen molar-refractivity contribution in [1.29, 1.82) is 0 Å². The second-order valence-electron chi connectivity index (χ2n) is 5.79.